The van der Waals surface area contributed by atoms with E-state index in [1.807, 2.05) is 72.9 Å². The lowest BCUT2D eigenvalue weighted by Crippen LogP contribution is -2.45. The monoisotopic (exact) mass is 531 g/mol. The van der Waals surface area contributed by atoms with Gasteiger partial charge in [0.25, 0.3) is 0 Å². The first kappa shape index (κ1) is 28.1. The summed E-state index contributed by atoms with van der Waals surface area (Å²) in [5, 5.41) is 16.8. The zero-order valence-corrected chi connectivity index (χ0v) is 22.1. The Morgan fingerprint density at radius 3 is 2.69 bits per heavy atom. The molecule has 8 heteroatoms. The fraction of sp³-hybridized carbons (Fsp3) is 0.387. The smallest absolute Gasteiger partial charge is 0.305 e. The highest BCUT2D eigenvalue weighted by molar-refractivity contribution is 5.86. The van der Waals surface area contributed by atoms with Gasteiger partial charge >= 0.3 is 5.97 Å². The van der Waals surface area contributed by atoms with E-state index >= 15 is 0 Å². The molecule has 3 atom stereocenters. The summed E-state index contributed by atoms with van der Waals surface area (Å²) in [7, 11) is 0. The zero-order chi connectivity index (χ0) is 27.5. The molecule has 0 saturated carbocycles. The van der Waals surface area contributed by atoms with Gasteiger partial charge in [-0.1, -0.05) is 60.7 Å². The van der Waals surface area contributed by atoms with E-state index in [-0.39, 0.29) is 37.4 Å². The quantitative estimate of drug-likeness (QED) is 0.262. The van der Waals surface area contributed by atoms with E-state index in [4.69, 9.17) is 4.74 Å². The van der Waals surface area contributed by atoms with Crippen molar-refractivity contribution in [3.05, 3.63) is 84.1 Å². The Hall–Kier alpha value is -3.91. The number of carbonyl (C=O) groups is 3. The molecule has 8 nitrogen and oxygen atoms in total. The molecular formula is C31H37N3O5. The fourth-order valence-corrected chi connectivity index (χ4v) is 4.90. The van der Waals surface area contributed by atoms with Crippen molar-refractivity contribution in [3.63, 3.8) is 0 Å². The molecular weight excluding hydrogens is 494 g/mol. The minimum absolute atomic E-state index is 0.0128. The second kappa shape index (κ2) is 14.3. The first-order valence-corrected chi connectivity index (χ1v) is 13.6. The molecule has 4 N–H and O–H groups in total. The Kier molecular flexibility index (Phi) is 10.3. The largest absolute Gasteiger partial charge is 0.463 e. The van der Waals surface area contributed by atoms with Crippen LogP contribution in [0.15, 0.2) is 72.9 Å². The second-order valence-electron chi connectivity index (χ2n) is 10.1. The van der Waals surface area contributed by atoms with Gasteiger partial charge in [-0.05, 0) is 49.3 Å². The molecule has 0 saturated heterocycles. The number of fused-ring (bicyclic) bond motifs is 1. The highest BCUT2D eigenvalue weighted by atomic mass is 16.5. The maximum absolute atomic E-state index is 13.5. The van der Waals surface area contributed by atoms with Gasteiger partial charge < -0.3 is 25.5 Å². The zero-order valence-electron chi connectivity index (χ0n) is 22.1. The summed E-state index contributed by atoms with van der Waals surface area (Å²) in [5.74, 6) is -1.44. The summed E-state index contributed by atoms with van der Waals surface area (Å²) in [6, 6.07) is 16.7. The van der Waals surface area contributed by atoms with Crippen molar-refractivity contribution in [3.8, 4) is 0 Å². The van der Waals surface area contributed by atoms with E-state index in [9.17, 15) is 19.5 Å². The van der Waals surface area contributed by atoms with Crippen molar-refractivity contribution < 1.29 is 24.2 Å². The molecule has 4 rings (SSSR count). The van der Waals surface area contributed by atoms with E-state index in [1.165, 1.54) is 0 Å². The Labute approximate surface area is 228 Å². The van der Waals surface area contributed by atoms with Crippen LogP contribution in [0, 0.1) is 5.92 Å². The Morgan fingerprint density at radius 2 is 1.87 bits per heavy atom. The van der Waals surface area contributed by atoms with E-state index in [2.05, 4.69) is 15.6 Å². The number of aliphatic hydroxyl groups is 1. The van der Waals surface area contributed by atoms with Gasteiger partial charge in [0.2, 0.25) is 11.8 Å². The molecule has 3 aromatic rings. The first-order chi connectivity index (χ1) is 19.0. The molecule has 0 unspecified atom stereocenters. The number of allylic oxidation sites excluding steroid dienone is 2. The molecule has 0 radical (unpaired) electrons. The number of ether oxygens (including phenoxy) is 1. The van der Waals surface area contributed by atoms with Crippen molar-refractivity contribution in [2.75, 3.05) is 13.2 Å². The molecule has 206 valence electrons. The molecule has 0 bridgehead atoms. The highest BCUT2D eigenvalue weighted by Crippen LogP contribution is 2.20. The number of esters is 1. The number of hydrogen-bond donors (Lipinski definition) is 4. The van der Waals surface area contributed by atoms with Crippen LogP contribution in [-0.2, 0) is 32.0 Å². The van der Waals surface area contributed by atoms with Crippen LogP contribution in [0.25, 0.3) is 10.9 Å². The SMILES string of the molecule is O=C(C[C@H]1CC=CCCCC(=O)OC[C@H](Cc2c[nH]c3ccccc23)NC1=O)N[C@H](CO)Cc1ccccc1. The molecule has 39 heavy (non-hydrogen) atoms. The minimum atomic E-state index is -0.598. The molecule has 1 aliphatic rings. The van der Waals surface area contributed by atoms with E-state index in [0.717, 1.165) is 22.0 Å². The van der Waals surface area contributed by atoms with Crippen LogP contribution in [0.1, 0.15) is 43.2 Å². The van der Waals surface area contributed by atoms with Crippen LogP contribution >= 0.6 is 0 Å². The molecule has 2 heterocycles. The normalized spacial score (nSPS) is 19.7. The number of aromatic amines is 1. The summed E-state index contributed by atoms with van der Waals surface area (Å²) >= 11 is 0. The number of para-hydroxylation sites is 1. The van der Waals surface area contributed by atoms with Gasteiger partial charge in [-0.15, -0.1) is 0 Å². The van der Waals surface area contributed by atoms with E-state index in [0.29, 0.717) is 38.5 Å². The third kappa shape index (κ3) is 8.55. The van der Waals surface area contributed by atoms with Crippen molar-refractivity contribution in [1.29, 1.82) is 0 Å². The number of benzene rings is 2. The van der Waals surface area contributed by atoms with Crippen LogP contribution in [0.3, 0.4) is 0 Å². The summed E-state index contributed by atoms with van der Waals surface area (Å²) < 4.78 is 5.52. The highest BCUT2D eigenvalue weighted by Gasteiger charge is 2.26. The molecule has 0 fully saturated rings. The van der Waals surface area contributed by atoms with Crippen molar-refractivity contribution in [1.82, 2.24) is 15.6 Å². The van der Waals surface area contributed by atoms with Gasteiger partial charge in [0.1, 0.15) is 6.61 Å². The first-order valence-electron chi connectivity index (χ1n) is 13.6. The van der Waals surface area contributed by atoms with Gasteiger partial charge in [0.15, 0.2) is 0 Å². The average Bonchev–Trinajstić information content (AvgIpc) is 3.35. The predicted octanol–water partition coefficient (Wildman–Crippen LogP) is 3.59. The van der Waals surface area contributed by atoms with Crippen LogP contribution in [0.4, 0.5) is 0 Å². The Bertz CT molecular complexity index is 1270. The van der Waals surface area contributed by atoms with E-state index < -0.39 is 18.0 Å². The van der Waals surface area contributed by atoms with Crippen molar-refractivity contribution in [2.45, 2.75) is 57.0 Å². The standard InChI is InChI=1S/C31H37N3O5/c35-20-25(16-22-10-4-3-5-11-22)33-29(36)18-23-12-6-1-2-7-15-30(37)39-21-26(34-31(23)38)17-24-19-32-28-14-9-8-13-27(24)28/h1,3-6,8-11,13-14,19,23,25-26,32,35H,2,7,12,15-18,20-21H2,(H,33,36)(H,34,38)/t23-,25+,26+/m1/s1. The number of hydrogen-bond acceptors (Lipinski definition) is 5. The van der Waals surface area contributed by atoms with Crippen molar-refractivity contribution in [2.24, 2.45) is 5.92 Å². The lowest BCUT2D eigenvalue weighted by Gasteiger charge is -2.23. The molecule has 0 spiro atoms. The van der Waals surface area contributed by atoms with Gasteiger partial charge in [-0.25, -0.2) is 0 Å². The Balaban J connectivity index is 1.45. The van der Waals surface area contributed by atoms with Crippen LogP contribution in [-0.4, -0.2) is 53.2 Å². The van der Waals surface area contributed by atoms with Crippen molar-refractivity contribution >= 4 is 28.7 Å². The maximum Gasteiger partial charge on any atom is 0.305 e. The summed E-state index contributed by atoms with van der Waals surface area (Å²) in [6.45, 7) is -0.143. The van der Waals surface area contributed by atoms with Crippen LogP contribution < -0.4 is 10.6 Å². The lowest BCUT2D eigenvalue weighted by atomic mass is 9.97. The minimum Gasteiger partial charge on any atom is -0.463 e. The topological polar surface area (TPSA) is 121 Å². The molecule has 0 aliphatic carbocycles. The van der Waals surface area contributed by atoms with Crippen LogP contribution in [0.5, 0.6) is 0 Å². The fourth-order valence-electron chi connectivity index (χ4n) is 4.90. The summed E-state index contributed by atoms with van der Waals surface area (Å²) in [4.78, 5) is 41.9. The van der Waals surface area contributed by atoms with Gasteiger partial charge in [0, 0.05) is 29.9 Å². The molecule has 1 aromatic heterocycles. The third-order valence-electron chi connectivity index (χ3n) is 6.99. The lowest BCUT2D eigenvalue weighted by molar-refractivity contribution is -0.145. The number of rotatable bonds is 8. The Morgan fingerprint density at radius 1 is 1.08 bits per heavy atom. The number of aromatic nitrogens is 1. The van der Waals surface area contributed by atoms with Crippen LogP contribution in [0.2, 0.25) is 0 Å². The summed E-state index contributed by atoms with van der Waals surface area (Å²) in [6.07, 6.45) is 8.78. The number of carbonyl (C=O) groups excluding carboxylic acids is 3. The van der Waals surface area contributed by atoms with Gasteiger partial charge in [-0.2, -0.15) is 0 Å². The number of amides is 2. The average molecular weight is 532 g/mol. The number of cyclic esters (lactones) is 1. The maximum atomic E-state index is 13.5. The summed E-state index contributed by atoms with van der Waals surface area (Å²) in [5.41, 5.74) is 3.01. The second-order valence-corrected chi connectivity index (χ2v) is 10.1. The molecule has 2 amide bonds. The third-order valence-corrected chi connectivity index (χ3v) is 6.99. The number of nitrogens with one attached hydrogen (secondary N) is 3. The number of H-pyrrole nitrogens is 1. The van der Waals surface area contributed by atoms with Gasteiger partial charge in [-0.3, -0.25) is 14.4 Å². The van der Waals surface area contributed by atoms with E-state index in [1.54, 1.807) is 0 Å². The molecule has 2 aromatic carbocycles. The number of aliphatic hydroxyl groups excluding tert-OH is 1. The molecule has 1 aliphatic heterocycles. The van der Waals surface area contributed by atoms with Gasteiger partial charge in [0.05, 0.1) is 24.6 Å². The predicted molar refractivity (Wildman–Crippen MR) is 150 cm³/mol.